The summed E-state index contributed by atoms with van der Waals surface area (Å²) in [6, 6.07) is 9.00. The van der Waals surface area contributed by atoms with Crippen molar-refractivity contribution in [1.29, 1.82) is 0 Å². The fourth-order valence-corrected chi connectivity index (χ4v) is 2.35. The molecule has 1 atom stereocenters. The summed E-state index contributed by atoms with van der Waals surface area (Å²) < 4.78 is 26.7. The third-order valence-electron chi connectivity index (χ3n) is 3.00. The Labute approximate surface area is 126 Å². The first kappa shape index (κ1) is 15.2. The van der Waals surface area contributed by atoms with Gasteiger partial charge in [-0.2, -0.15) is 0 Å². The molecule has 0 heterocycles. The molecule has 0 saturated carbocycles. The fraction of sp³-hybridized carbons (Fsp3) is 0.200. The molecule has 2 N–H and O–H groups in total. The van der Waals surface area contributed by atoms with E-state index in [0.29, 0.717) is 16.5 Å². The summed E-state index contributed by atoms with van der Waals surface area (Å²) in [4.78, 5) is 0. The van der Waals surface area contributed by atoms with Crippen LogP contribution in [0.3, 0.4) is 0 Å². The van der Waals surface area contributed by atoms with E-state index < -0.39 is 11.6 Å². The summed E-state index contributed by atoms with van der Waals surface area (Å²) in [5.41, 5.74) is 7.16. The molecule has 0 radical (unpaired) electrons. The van der Waals surface area contributed by atoms with Gasteiger partial charge in [-0.3, -0.25) is 0 Å². The van der Waals surface area contributed by atoms with Crippen LogP contribution in [0.5, 0.6) is 0 Å². The van der Waals surface area contributed by atoms with E-state index in [2.05, 4.69) is 0 Å². The van der Waals surface area contributed by atoms with E-state index in [1.54, 1.807) is 12.1 Å². The largest absolute Gasteiger partial charge is 0.327 e. The van der Waals surface area contributed by atoms with E-state index >= 15 is 0 Å². The molecule has 2 rings (SSSR count). The Morgan fingerprint density at radius 1 is 1.00 bits per heavy atom. The number of hydrogen-bond donors (Lipinski definition) is 1. The zero-order valence-electron chi connectivity index (χ0n) is 10.5. The molecule has 0 aliphatic heterocycles. The predicted molar refractivity (Wildman–Crippen MR) is 78.2 cm³/mol. The van der Waals surface area contributed by atoms with Gasteiger partial charge in [0.05, 0.1) is 10.0 Å². The van der Waals surface area contributed by atoms with Crippen molar-refractivity contribution in [1.82, 2.24) is 0 Å². The van der Waals surface area contributed by atoms with Gasteiger partial charge in [-0.15, -0.1) is 0 Å². The highest BCUT2D eigenvalue weighted by Crippen LogP contribution is 2.23. The van der Waals surface area contributed by atoms with Gasteiger partial charge in [0.15, 0.2) is 11.6 Å². The molecule has 0 spiro atoms. The van der Waals surface area contributed by atoms with E-state index in [1.165, 1.54) is 12.1 Å². The van der Waals surface area contributed by atoms with Gasteiger partial charge in [0.1, 0.15) is 0 Å². The van der Waals surface area contributed by atoms with Crippen LogP contribution in [-0.2, 0) is 12.8 Å². The van der Waals surface area contributed by atoms with Crippen molar-refractivity contribution < 1.29 is 8.78 Å². The quantitative estimate of drug-likeness (QED) is 0.890. The Bertz CT molecular complexity index is 617. The van der Waals surface area contributed by atoms with E-state index in [1.807, 2.05) is 6.07 Å². The summed E-state index contributed by atoms with van der Waals surface area (Å²) in [5, 5.41) is 0.925. The fourth-order valence-electron chi connectivity index (χ4n) is 2.03. The monoisotopic (exact) mass is 315 g/mol. The van der Waals surface area contributed by atoms with E-state index in [-0.39, 0.29) is 18.0 Å². The highest BCUT2D eigenvalue weighted by molar-refractivity contribution is 6.42. The molecular weight excluding hydrogens is 303 g/mol. The average molecular weight is 316 g/mol. The van der Waals surface area contributed by atoms with Gasteiger partial charge in [0, 0.05) is 6.04 Å². The molecule has 2 aromatic rings. The lowest BCUT2D eigenvalue weighted by molar-refractivity contribution is 0.492. The normalized spacial score (nSPS) is 12.4. The van der Waals surface area contributed by atoms with Crippen LogP contribution in [0, 0.1) is 11.6 Å². The Balaban J connectivity index is 2.07. The summed E-state index contributed by atoms with van der Waals surface area (Å²) in [6.45, 7) is 0. The minimum absolute atomic E-state index is 0.254. The summed E-state index contributed by atoms with van der Waals surface area (Å²) in [6.07, 6.45) is 0.761. The lowest BCUT2D eigenvalue weighted by Gasteiger charge is -2.13. The molecule has 0 aliphatic rings. The maximum Gasteiger partial charge on any atom is 0.162 e. The molecule has 1 nitrogen and oxygen atoms in total. The van der Waals surface area contributed by atoms with Crippen LogP contribution in [0.4, 0.5) is 8.78 Å². The van der Waals surface area contributed by atoms with E-state index in [4.69, 9.17) is 28.9 Å². The van der Waals surface area contributed by atoms with Crippen LogP contribution in [0.2, 0.25) is 10.0 Å². The van der Waals surface area contributed by atoms with Crippen LogP contribution in [0.1, 0.15) is 11.1 Å². The lowest BCUT2D eigenvalue weighted by atomic mass is 9.99. The minimum atomic E-state index is -0.857. The third-order valence-corrected chi connectivity index (χ3v) is 3.73. The van der Waals surface area contributed by atoms with Crippen LogP contribution in [0.15, 0.2) is 36.4 Å². The molecule has 106 valence electrons. The van der Waals surface area contributed by atoms with Crippen LogP contribution >= 0.6 is 23.2 Å². The van der Waals surface area contributed by atoms with Gasteiger partial charge in [0.25, 0.3) is 0 Å². The Morgan fingerprint density at radius 2 is 1.75 bits per heavy atom. The van der Waals surface area contributed by atoms with Crippen molar-refractivity contribution in [3.05, 3.63) is 69.2 Å². The average Bonchev–Trinajstić information content (AvgIpc) is 2.39. The Morgan fingerprint density at radius 3 is 2.45 bits per heavy atom. The lowest BCUT2D eigenvalue weighted by Crippen LogP contribution is -2.26. The van der Waals surface area contributed by atoms with Gasteiger partial charge < -0.3 is 5.73 Å². The van der Waals surface area contributed by atoms with Gasteiger partial charge in [0.2, 0.25) is 0 Å². The maximum atomic E-state index is 13.5. The predicted octanol–water partition coefficient (Wildman–Crippen LogP) is 4.38. The second-order valence-corrected chi connectivity index (χ2v) is 5.44. The Kier molecular flexibility index (Phi) is 4.97. The first-order chi connectivity index (χ1) is 9.47. The molecule has 0 bridgehead atoms. The summed E-state index contributed by atoms with van der Waals surface area (Å²) >= 11 is 11.8. The molecule has 1 unspecified atom stereocenters. The molecule has 20 heavy (non-hydrogen) atoms. The van der Waals surface area contributed by atoms with Gasteiger partial charge >= 0.3 is 0 Å². The van der Waals surface area contributed by atoms with Crippen molar-refractivity contribution in [2.75, 3.05) is 0 Å². The van der Waals surface area contributed by atoms with Crippen LogP contribution in [0.25, 0.3) is 0 Å². The van der Waals surface area contributed by atoms with Gasteiger partial charge in [-0.25, -0.2) is 8.78 Å². The highest BCUT2D eigenvalue weighted by atomic mass is 35.5. The molecule has 5 heteroatoms. The topological polar surface area (TPSA) is 26.0 Å². The SMILES string of the molecule is NC(Cc1ccc(Cl)c(Cl)c1)Cc1cccc(F)c1F. The van der Waals surface area contributed by atoms with Gasteiger partial charge in [-0.05, 0) is 42.2 Å². The zero-order valence-corrected chi connectivity index (χ0v) is 12.1. The number of rotatable bonds is 4. The summed E-state index contributed by atoms with van der Waals surface area (Å²) in [7, 11) is 0. The first-order valence-corrected chi connectivity index (χ1v) is 6.85. The molecule has 0 amide bonds. The minimum Gasteiger partial charge on any atom is -0.327 e. The molecule has 2 aromatic carbocycles. The van der Waals surface area contributed by atoms with E-state index in [9.17, 15) is 8.78 Å². The van der Waals surface area contributed by atoms with Crippen molar-refractivity contribution in [3.8, 4) is 0 Å². The van der Waals surface area contributed by atoms with E-state index in [0.717, 1.165) is 11.6 Å². The second kappa shape index (κ2) is 6.53. The number of nitrogens with two attached hydrogens (primary N) is 1. The number of benzene rings is 2. The highest BCUT2D eigenvalue weighted by Gasteiger charge is 2.12. The van der Waals surface area contributed by atoms with Crippen LogP contribution in [-0.4, -0.2) is 6.04 Å². The van der Waals surface area contributed by atoms with Gasteiger partial charge in [-0.1, -0.05) is 41.4 Å². The zero-order chi connectivity index (χ0) is 14.7. The second-order valence-electron chi connectivity index (χ2n) is 4.63. The van der Waals surface area contributed by atoms with Crippen molar-refractivity contribution in [2.24, 2.45) is 5.73 Å². The third kappa shape index (κ3) is 3.69. The molecule has 0 aromatic heterocycles. The number of halogens is 4. The van der Waals surface area contributed by atoms with Crippen LogP contribution < -0.4 is 5.73 Å². The van der Waals surface area contributed by atoms with Crippen molar-refractivity contribution in [3.63, 3.8) is 0 Å². The first-order valence-electron chi connectivity index (χ1n) is 6.09. The standard InChI is InChI=1S/C15H13Cl2F2N/c16-12-5-4-9(7-13(12)17)6-11(20)8-10-2-1-3-14(18)15(10)19/h1-5,7,11H,6,8,20H2. The molecule has 0 saturated heterocycles. The molecule has 0 aliphatic carbocycles. The smallest absolute Gasteiger partial charge is 0.162 e. The molecule has 0 fully saturated rings. The number of hydrogen-bond acceptors (Lipinski definition) is 1. The summed E-state index contributed by atoms with van der Waals surface area (Å²) in [5.74, 6) is -1.69. The Hall–Kier alpha value is -1.16. The van der Waals surface area contributed by atoms with Crippen molar-refractivity contribution >= 4 is 23.2 Å². The molecular formula is C15H13Cl2F2N. The maximum absolute atomic E-state index is 13.5. The van der Waals surface area contributed by atoms with Crippen molar-refractivity contribution in [2.45, 2.75) is 18.9 Å².